The number of carbonyl (C=O) groups is 1. The van der Waals surface area contributed by atoms with E-state index in [0.29, 0.717) is 11.8 Å². The van der Waals surface area contributed by atoms with Crippen molar-refractivity contribution in [2.24, 2.45) is 0 Å². The van der Waals surface area contributed by atoms with Crippen LogP contribution in [0.1, 0.15) is 35.7 Å². The zero-order valence-electron chi connectivity index (χ0n) is 8.16. The first-order valence-electron chi connectivity index (χ1n) is 4.69. The second-order valence-electron chi connectivity index (χ2n) is 3.26. The largest absolute Gasteiger partial charge is 0.508 e. The first-order valence-corrected chi connectivity index (χ1v) is 4.69. The van der Waals surface area contributed by atoms with E-state index in [2.05, 4.69) is 6.92 Å². The van der Waals surface area contributed by atoms with Gasteiger partial charge in [-0.25, -0.2) is 0 Å². The van der Waals surface area contributed by atoms with Gasteiger partial charge >= 0.3 is 0 Å². The Balaban J connectivity index is 2.96. The zero-order chi connectivity index (χ0) is 10.6. The van der Waals surface area contributed by atoms with Crippen LogP contribution >= 0.6 is 0 Å². The monoisotopic (exact) mass is 194 g/mol. The summed E-state index contributed by atoms with van der Waals surface area (Å²) in [6, 6.07) is 2.75. The minimum Gasteiger partial charge on any atom is -0.508 e. The Kier molecular flexibility index (Phi) is 3.51. The Labute approximate surface area is 83.0 Å². The number of unbranched alkanes of at least 4 members (excludes halogenated alkanes) is 1. The summed E-state index contributed by atoms with van der Waals surface area (Å²) in [5.41, 5.74) is 0.817. The van der Waals surface area contributed by atoms with Gasteiger partial charge in [0.1, 0.15) is 11.5 Å². The van der Waals surface area contributed by atoms with Crippen LogP contribution in [0.4, 0.5) is 0 Å². The molecular weight excluding hydrogens is 180 g/mol. The normalized spacial score (nSPS) is 10.1. The van der Waals surface area contributed by atoms with Crippen LogP contribution in [-0.2, 0) is 6.42 Å². The minimum atomic E-state index is -0.0658. The average molecular weight is 194 g/mol. The highest BCUT2D eigenvalue weighted by Gasteiger charge is 2.07. The molecule has 1 aromatic carbocycles. The fourth-order valence-corrected chi connectivity index (χ4v) is 1.30. The maximum absolute atomic E-state index is 10.4. The summed E-state index contributed by atoms with van der Waals surface area (Å²) < 4.78 is 0. The van der Waals surface area contributed by atoms with E-state index in [1.54, 1.807) is 0 Å². The second-order valence-corrected chi connectivity index (χ2v) is 3.26. The summed E-state index contributed by atoms with van der Waals surface area (Å²) in [5, 5.41) is 18.9. The quantitative estimate of drug-likeness (QED) is 0.571. The first kappa shape index (κ1) is 10.6. The summed E-state index contributed by atoms with van der Waals surface area (Å²) in [4.78, 5) is 10.4. The number of phenols is 2. The number of benzene rings is 1. The lowest BCUT2D eigenvalue weighted by atomic mass is 10.0. The highest BCUT2D eigenvalue weighted by atomic mass is 16.3. The van der Waals surface area contributed by atoms with E-state index in [1.807, 2.05) is 0 Å². The molecule has 0 heterocycles. The lowest BCUT2D eigenvalue weighted by Gasteiger charge is -2.05. The van der Waals surface area contributed by atoms with Crippen molar-refractivity contribution in [3.63, 3.8) is 0 Å². The molecule has 0 aliphatic rings. The van der Waals surface area contributed by atoms with Crippen molar-refractivity contribution >= 4 is 6.29 Å². The van der Waals surface area contributed by atoms with Gasteiger partial charge in [-0.05, 0) is 30.5 Å². The maximum atomic E-state index is 10.4. The van der Waals surface area contributed by atoms with Crippen molar-refractivity contribution in [2.75, 3.05) is 0 Å². The van der Waals surface area contributed by atoms with Gasteiger partial charge in [-0.1, -0.05) is 13.3 Å². The van der Waals surface area contributed by atoms with Gasteiger partial charge in [0.15, 0.2) is 6.29 Å². The number of carbonyl (C=O) groups excluding carboxylic acids is 1. The molecule has 0 aromatic heterocycles. The van der Waals surface area contributed by atoms with Gasteiger partial charge in [-0.3, -0.25) is 4.79 Å². The number of phenolic OH excluding ortho intramolecular Hbond substituents is 2. The van der Waals surface area contributed by atoms with Gasteiger partial charge in [0.2, 0.25) is 0 Å². The minimum absolute atomic E-state index is 0.0658. The zero-order valence-corrected chi connectivity index (χ0v) is 8.16. The number of hydrogen-bond donors (Lipinski definition) is 2. The fraction of sp³-hybridized carbons (Fsp3) is 0.364. The number of aryl methyl sites for hydroxylation is 1. The van der Waals surface area contributed by atoms with Crippen LogP contribution in [0.3, 0.4) is 0 Å². The molecule has 3 heteroatoms. The molecule has 0 saturated carbocycles. The molecule has 1 aromatic rings. The highest BCUT2D eigenvalue weighted by molar-refractivity contribution is 5.80. The highest BCUT2D eigenvalue weighted by Crippen LogP contribution is 2.27. The molecule has 0 atom stereocenters. The molecule has 3 nitrogen and oxygen atoms in total. The van der Waals surface area contributed by atoms with Crippen molar-refractivity contribution in [3.05, 3.63) is 23.3 Å². The van der Waals surface area contributed by atoms with Crippen molar-refractivity contribution in [2.45, 2.75) is 26.2 Å². The van der Waals surface area contributed by atoms with Crippen molar-refractivity contribution in [3.8, 4) is 11.5 Å². The molecule has 0 radical (unpaired) electrons. The Morgan fingerprint density at radius 1 is 1.29 bits per heavy atom. The third-order valence-electron chi connectivity index (χ3n) is 2.15. The van der Waals surface area contributed by atoms with Gasteiger partial charge in [0.05, 0.1) is 5.56 Å². The molecule has 0 amide bonds. The molecule has 14 heavy (non-hydrogen) atoms. The Morgan fingerprint density at radius 3 is 2.57 bits per heavy atom. The summed E-state index contributed by atoms with van der Waals surface area (Å²) in [5.74, 6) is 0.0160. The third kappa shape index (κ3) is 2.25. The van der Waals surface area contributed by atoms with E-state index in [9.17, 15) is 15.0 Å². The number of rotatable bonds is 4. The summed E-state index contributed by atoms with van der Waals surface area (Å²) in [7, 11) is 0. The van der Waals surface area contributed by atoms with Crippen molar-refractivity contribution < 1.29 is 15.0 Å². The van der Waals surface area contributed by atoms with Gasteiger partial charge in [-0.2, -0.15) is 0 Å². The smallest absolute Gasteiger partial charge is 0.153 e. The molecule has 0 spiro atoms. The first-order chi connectivity index (χ1) is 6.69. The molecule has 1 rings (SSSR count). The summed E-state index contributed by atoms with van der Waals surface area (Å²) in [6.45, 7) is 2.05. The van der Waals surface area contributed by atoms with E-state index >= 15 is 0 Å². The number of hydrogen-bond acceptors (Lipinski definition) is 3. The van der Waals surface area contributed by atoms with Crippen LogP contribution in [0, 0.1) is 0 Å². The molecule has 0 unspecified atom stereocenters. The van der Waals surface area contributed by atoms with Gasteiger partial charge in [0, 0.05) is 0 Å². The van der Waals surface area contributed by atoms with Crippen LogP contribution in [-0.4, -0.2) is 16.5 Å². The van der Waals surface area contributed by atoms with Crippen molar-refractivity contribution in [1.82, 2.24) is 0 Å². The Hall–Kier alpha value is -1.51. The molecule has 0 bridgehead atoms. The van der Waals surface area contributed by atoms with E-state index in [4.69, 9.17) is 0 Å². The lowest BCUT2D eigenvalue weighted by Crippen LogP contribution is -1.89. The van der Waals surface area contributed by atoms with Gasteiger partial charge in [0.25, 0.3) is 0 Å². The average Bonchev–Trinajstić information content (AvgIpc) is 2.18. The molecule has 0 saturated heterocycles. The predicted molar refractivity (Wildman–Crippen MR) is 53.8 cm³/mol. The SMILES string of the molecule is CCCCc1cc(O)c(C=O)cc1O. The summed E-state index contributed by atoms with van der Waals surface area (Å²) in [6.07, 6.45) is 3.22. The fourth-order valence-electron chi connectivity index (χ4n) is 1.30. The van der Waals surface area contributed by atoms with Gasteiger partial charge < -0.3 is 10.2 Å². The molecule has 0 aliphatic carbocycles. The number of aromatic hydroxyl groups is 2. The Morgan fingerprint density at radius 2 is 2.00 bits per heavy atom. The second kappa shape index (κ2) is 4.65. The third-order valence-corrected chi connectivity index (χ3v) is 2.15. The molecular formula is C11H14O3. The molecule has 2 N–H and O–H groups in total. The summed E-state index contributed by atoms with van der Waals surface area (Å²) >= 11 is 0. The van der Waals surface area contributed by atoms with Crippen LogP contribution < -0.4 is 0 Å². The van der Waals surface area contributed by atoms with E-state index < -0.39 is 0 Å². The molecule has 0 fully saturated rings. The predicted octanol–water partition coefficient (Wildman–Crippen LogP) is 2.25. The Bertz CT molecular complexity index is 332. The van der Waals surface area contributed by atoms with Crippen LogP contribution in [0.2, 0.25) is 0 Å². The van der Waals surface area contributed by atoms with Crippen LogP contribution in [0.25, 0.3) is 0 Å². The van der Waals surface area contributed by atoms with Crippen LogP contribution in [0.5, 0.6) is 11.5 Å². The topological polar surface area (TPSA) is 57.5 Å². The van der Waals surface area contributed by atoms with E-state index in [0.717, 1.165) is 19.3 Å². The lowest BCUT2D eigenvalue weighted by molar-refractivity contribution is 0.112. The van der Waals surface area contributed by atoms with E-state index in [1.165, 1.54) is 12.1 Å². The van der Waals surface area contributed by atoms with E-state index in [-0.39, 0.29) is 17.1 Å². The van der Waals surface area contributed by atoms with Crippen molar-refractivity contribution in [1.29, 1.82) is 0 Å². The molecule has 0 aliphatic heterocycles. The standard InChI is InChI=1S/C11H14O3/c1-2-3-4-8-5-11(14)9(7-12)6-10(8)13/h5-7,13-14H,2-4H2,1H3. The molecule has 76 valence electrons. The number of aldehydes is 1. The van der Waals surface area contributed by atoms with Crippen LogP contribution in [0.15, 0.2) is 12.1 Å². The maximum Gasteiger partial charge on any atom is 0.153 e. The van der Waals surface area contributed by atoms with Gasteiger partial charge in [-0.15, -0.1) is 0 Å².